The number of allylic oxidation sites excluding steroid dienone is 32. The van der Waals surface area contributed by atoms with Gasteiger partial charge >= 0.3 is 19.8 Å². The van der Waals surface area contributed by atoms with Crippen LogP contribution in [0.5, 0.6) is 0 Å². The van der Waals surface area contributed by atoms with E-state index >= 15 is 0 Å². The molecule has 0 heterocycles. The van der Waals surface area contributed by atoms with Crippen molar-refractivity contribution >= 4 is 19.8 Å². The van der Waals surface area contributed by atoms with Crippen LogP contribution in [-0.4, -0.2) is 74.9 Å². The Morgan fingerprint density at radius 1 is 0.378 bits per heavy atom. The summed E-state index contributed by atoms with van der Waals surface area (Å²) in [6, 6.07) is 0. The lowest BCUT2D eigenvalue weighted by Crippen LogP contribution is -2.37. The number of phosphoric ester groups is 1. The summed E-state index contributed by atoms with van der Waals surface area (Å²) in [6.07, 6.45) is 95.1. The molecule has 2 unspecified atom stereocenters. The lowest BCUT2D eigenvalue weighted by Gasteiger charge is -2.24. The molecule has 0 spiro atoms. The predicted molar refractivity (Wildman–Crippen MR) is 352 cm³/mol. The van der Waals surface area contributed by atoms with E-state index < -0.39 is 32.5 Å². The minimum atomic E-state index is -4.42. The van der Waals surface area contributed by atoms with Gasteiger partial charge < -0.3 is 18.9 Å². The van der Waals surface area contributed by atoms with E-state index in [-0.39, 0.29) is 26.1 Å². The van der Waals surface area contributed by atoms with Gasteiger partial charge in [-0.1, -0.05) is 234 Å². The van der Waals surface area contributed by atoms with Crippen LogP contribution in [0.2, 0.25) is 0 Å². The van der Waals surface area contributed by atoms with Crippen molar-refractivity contribution in [1.29, 1.82) is 0 Å². The Morgan fingerprint density at radius 2 is 0.659 bits per heavy atom. The number of nitrogens with zero attached hydrogens (tertiary/aromatic N) is 1. The molecule has 0 saturated carbocycles. The molecule has 9 nitrogen and oxygen atoms in total. The molecule has 10 heteroatoms. The van der Waals surface area contributed by atoms with Crippen molar-refractivity contribution in [1.82, 2.24) is 0 Å². The van der Waals surface area contributed by atoms with E-state index in [0.717, 1.165) is 154 Å². The quantitative estimate of drug-likeness (QED) is 0.0211. The van der Waals surface area contributed by atoms with Crippen molar-refractivity contribution in [2.75, 3.05) is 47.5 Å². The Kier molecular flexibility index (Phi) is 56.6. The average molecular weight is 1150 g/mol. The van der Waals surface area contributed by atoms with Crippen LogP contribution in [0, 0.1) is 0 Å². The fourth-order valence-corrected chi connectivity index (χ4v) is 8.14. The number of hydrogen-bond acceptors (Lipinski definition) is 7. The van der Waals surface area contributed by atoms with Crippen LogP contribution in [0.15, 0.2) is 194 Å². The molecule has 0 amide bonds. The van der Waals surface area contributed by atoms with E-state index in [1.807, 2.05) is 21.1 Å². The number of esters is 2. The molecule has 0 aromatic heterocycles. The van der Waals surface area contributed by atoms with Gasteiger partial charge in [-0.05, 0) is 141 Å². The lowest BCUT2D eigenvalue weighted by atomic mass is 10.1. The third-order valence-electron chi connectivity index (χ3n) is 12.1. The Bertz CT molecular complexity index is 2080. The monoisotopic (exact) mass is 1150 g/mol. The van der Waals surface area contributed by atoms with Crippen LogP contribution in [0.4, 0.5) is 0 Å². The first-order valence-corrected chi connectivity index (χ1v) is 32.7. The van der Waals surface area contributed by atoms with Crippen LogP contribution in [0.3, 0.4) is 0 Å². The van der Waals surface area contributed by atoms with E-state index in [2.05, 4.69) is 208 Å². The first kappa shape index (κ1) is 76.9. The highest BCUT2D eigenvalue weighted by molar-refractivity contribution is 7.47. The van der Waals surface area contributed by atoms with Gasteiger partial charge in [-0.3, -0.25) is 18.6 Å². The number of quaternary nitrogens is 1. The molecular formula is C72H113NO8P+. The van der Waals surface area contributed by atoms with E-state index in [0.29, 0.717) is 23.9 Å². The van der Waals surface area contributed by atoms with Gasteiger partial charge in [-0.25, -0.2) is 4.57 Å². The number of carbonyl (C=O) groups excluding carboxylic acids is 2. The first-order valence-electron chi connectivity index (χ1n) is 31.2. The fraction of sp³-hybridized carbons (Fsp3) is 0.528. The number of likely N-dealkylation sites (N-methyl/N-ethyl adjacent to an activating group) is 1. The number of carbonyl (C=O) groups is 2. The molecule has 0 bridgehead atoms. The zero-order chi connectivity index (χ0) is 59.8. The maximum atomic E-state index is 12.8. The van der Waals surface area contributed by atoms with Gasteiger partial charge in [0.15, 0.2) is 6.10 Å². The van der Waals surface area contributed by atoms with Crippen molar-refractivity contribution in [3.05, 3.63) is 194 Å². The van der Waals surface area contributed by atoms with Crippen molar-refractivity contribution in [3.8, 4) is 0 Å². The molecular weight excluding hydrogens is 1040 g/mol. The minimum Gasteiger partial charge on any atom is -0.462 e. The van der Waals surface area contributed by atoms with Crippen molar-refractivity contribution in [2.24, 2.45) is 0 Å². The molecule has 0 rings (SSSR count). The Hall–Kier alpha value is -5.15. The van der Waals surface area contributed by atoms with Gasteiger partial charge in [-0.2, -0.15) is 0 Å². The summed E-state index contributed by atoms with van der Waals surface area (Å²) in [7, 11) is 1.41. The number of phosphoric acid groups is 1. The molecule has 458 valence electrons. The molecule has 0 aliphatic carbocycles. The molecule has 0 aliphatic rings. The highest BCUT2D eigenvalue weighted by Crippen LogP contribution is 2.43. The van der Waals surface area contributed by atoms with Gasteiger partial charge in [0.1, 0.15) is 19.8 Å². The van der Waals surface area contributed by atoms with Crippen LogP contribution in [0.25, 0.3) is 0 Å². The Morgan fingerprint density at radius 3 is 0.988 bits per heavy atom. The predicted octanol–water partition coefficient (Wildman–Crippen LogP) is 20.1. The zero-order valence-corrected chi connectivity index (χ0v) is 52.8. The summed E-state index contributed by atoms with van der Waals surface area (Å²) in [5.74, 6) is -0.877. The SMILES string of the molecule is CC/C=C\C/C=C\C/C=C\C/C=C\C/C=C\C/C=C\C/C=C\C/C=C\C/C=C\C/C=C\C/C=C\CCCCCC(=O)OC(COC(=O)CCCCCCC/C=C\C/C=C\C/C=C\C/C=C\C/C=C\CC)COP(=O)(O)OCC[N+](C)(C)C. The van der Waals surface area contributed by atoms with Gasteiger partial charge in [-0.15, -0.1) is 0 Å². The second-order valence-electron chi connectivity index (χ2n) is 21.0. The third kappa shape index (κ3) is 64.0. The average Bonchev–Trinajstić information content (AvgIpc) is 3.46. The van der Waals surface area contributed by atoms with Crippen LogP contribution in [0.1, 0.15) is 194 Å². The largest absolute Gasteiger partial charge is 0.472 e. The number of ether oxygens (including phenoxy) is 2. The van der Waals surface area contributed by atoms with Crippen LogP contribution >= 0.6 is 7.82 Å². The molecule has 0 aromatic rings. The summed E-state index contributed by atoms with van der Waals surface area (Å²) >= 11 is 0. The molecule has 1 N–H and O–H groups in total. The molecule has 0 saturated heterocycles. The molecule has 2 atom stereocenters. The Balaban J connectivity index is 4.30. The second kappa shape index (κ2) is 60.4. The Labute approximate surface area is 501 Å². The highest BCUT2D eigenvalue weighted by Gasteiger charge is 2.27. The minimum absolute atomic E-state index is 0.00933. The summed E-state index contributed by atoms with van der Waals surface area (Å²) < 4.78 is 34.5. The topological polar surface area (TPSA) is 108 Å². The van der Waals surface area contributed by atoms with Crippen LogP contribution in [-0.2, 0) is 32.7 Å². The van der Waals surface area contributed by atoms with Crippen molar-refractivity contribution in [2.45, 2.75) is 200 Å². The fourth-order valence-electron chi connectivity index (χ4n) is 7.40. The maximum Gasteiger partial charge on any atom is 0.472 e. The number of unbranched alkanes of at least 4 members (excludes halogenated alkanes) is 8. The van der Waals surface area contributed by atoms with Gasteiger partial charge in [0.2, 0.25) is 0 Å². The number of rotatable bonds is 54. The van der Waals surface area contributed by atoms with Gasteiger partial charge in [0.25, 0.3) is 0 Å². The third-order valence-corrected chi connectivity index (χ3v) is 13.1. The normalized spacial score (nSPS) is 14.6. The second-order valence-corrected chi connectivity index (χ2v) is 22.4. The van der Waals surface area contributed by atoms with E-state index in [1.165, 1.54) is 0 Å². The molecule has 0 fully saturated rings. The molecule has 0 aromatic carbocycles. The molecule has 0 radical (unpaired) electrons. The highest BCUT2D eigenvalue weighted by atomic mass is 31.2. The van der Waals surface area contributed by atoms with Crippen LogP contribution < -0.4 is 0 Å². The number of hydrogen-bond donors (Lipinski definition) is 1. The van der Waals surface area contributed by atoms with E-state index in [4.69, 9.17) is 18.5 Å². The van der Waals surface area contributed by atoms with Crippen molar-refractivity contribution in [3.63, 3.8) is 0 Å². The maximum absolute atomic E-state index is 12.8. The van der Waals surface area contributed by atoms with E-state index in [1.54, 1.807) is 0 Å². The molecule has 0 aliphatic heterocycles. The summed E-state index contributed by atoms with van der Waals surface area (Å²) in [5.41, 5.74) is 0. The van der Waals surface area contributed by atoms with Gasteiger partial charge in [0, 0.05) is 12.8 Å². The summed E-state index contributed by atoms with van der Waals surface area (Å²) in [4.78, 5) is 35.7. The standard InChI is InChI=1S/C72H112NO8P/c1-6-8-10-12-14-16-18-20-22-24-26-28-29-30-31-32-33-34-35-36-37-38-39-40-41-42-43-45-47-49-51-53-55-57-59-61-63-65-72(75)81-70(69-80-82(76,77)79-67-66-73(3,4)5)68-78-71(74)64-62-60-58-56-54-52-50-48-46-44-27-25-23-21-19-17-15-13-11-9-7-2/h8-11,14-17,20-23,26-28,30-31,33-34,36-37,39-40,42-44,47-50,53,55,70H,6-7,12-13,18-19,24-25,29,32,35,38,41,45-46,51-52,54,56-69H2,1-5H3/p+1/b10-8-,11-9-,16-14-,17-15-,22-20-,23-21-,28-26-,31-30-,34-33-,37-36-,40-39-,43-42-,44-27-,49-47-,50-48-,55-53-. The molecule has 82 heavy (non-hydrogen) atoms. The zero-order valence-electron chi connectivity index (χ0n) is 51.9. The summed E-state index contributed by atoms with van der Waals surface area (Å²) in [5, 5.41) is 0. The summed E-state index contributed by atoms with van der Waals surface area (Å²) in [6.45, 7) is 4.10. The van der Waals surface area contributed by atoms with Crippen molar-refractivity contribution < 1.29 is 42.1 Å². The van der Waals surface area contributed by atoms with E-state index in [9.17, 15) is 19.0 Å². The first-order chi connectivity index (χ1) is 40.0. The smallest absolute Gasteiger partial charge is 0.462 e. The lowest BCUT2D eigenvalue weighted by molar-refractivity contribution is -0.870. The van der Waals surface area contributed by atoms with Gasteiger partial charge in [0.05, 0.1) is 27.7 Å².